The molecule has 8 aliphatic heterocycles. The van der Waals surface area contributed by atoms with Crippen LogP contribution in [-0.4, -0.2) is 235 Å². The summed E-state index contributed by atoms with van der Waals surface area (Å²) >= 11 is 0. The molecule has 0 aliphatic carbocycles. The number of aliphatic carboxylic acids is 1. The number of anilines is 2. The first-order chi connectivity index (χ1) is 52.1. The third kappa shape index (κ3) is 23.9. The number of morpholine rings is 2. The minimum absolute atomic E-state index is 0. The molecule has 110 heavy (non-hydrogen) atoms. The molecule has 590 valence electrons. The van der Waals surface area contributed by atoms with Crippen LogP contribution < -0.4 is 76.8 Å². The standard InChI is InChI=1S/C42H53N5O6.C33H37N3O6.C9H18N2O.K.H2O.H3P.H/c1-30-26-33(27-31(2)39(30)52-29-32-8-4-3-5-9-32)28-38(40(48)45-17-13-35(14-18-45)44-22-24-51-25-23-44)53-42(50)46-19-15-36(16-20-46)47-21-12-34-10-6-7-11-37(34)43-41(47)49;1-22-18-25(19-23(2)30(22)41-21-24-8-4-3-5-9-24)20-29(31(37)38)42-33(40)35-15-13-27(14-16-35)36-17-12-26-10-6-7-11-28(26)34-32(36)39;1-3-10-4-2-9(1)11-5-7-12-8-6-11;;;;/h3-11,26-27,35-36,38H,12-25,28-29H2,1-2H3,(H,43,49);3-11,18-19,27,29H,12-17,20-21H2,1-2H3,(H,34,39)(H,37,38);9-10H,1-8H2;;1H2;1H3;/q;;;+1;;;-1/t38-;29-;;;;;/m11...../s1. The molecule has 0 spiro atoms. The molecule has 3 atom stereocenters. The van der Waals surface area contributed by atoms with E-state index in [4.69, 9.17) is 28.4 Å². The number of piperidine rings is 4. The number of amides is 7. The zero-order valence-electron chi connectivity index (χ0n) is 66.0. The number of nitrogens with zero attached hydrogens (tertiary/aromatic N) is 7. The van der Waals surface area contributed by atoms with E-state index < -0.39 is 30.4 Å². The van der Waals surface area contributed by atoms with Gasteiger partial charge in [-0.05, 0) is 173 Å². The van der Waals surface area contributed by atoms with E-state index in [1.807, 2.05) is 170 Å². The second-order valence-electron chi connectivity index (χ2n) is 29.5. The van der Waals surface area contributed by atoms with E-state index in [-0.39, 0.29) is 111 Å². The Morgan fingerprint density at radius 1 is 0.464 bits per heavy atom. The number of nitrogens with one attached hydrogen (secondary N) is 3. The number of ether oxygens (including phenoxy) is 6. The fourth-order valence-electron chi connectivity index (χ4n) is 16.3. The van der Waals surface area contributed by atoms with Crippen LogP contribution in [0.15, 0.2) is 133 Å². The SMILES string of the molecule is C1CC(N2CCOCC2)CCN1.Cc1cc(C[C@@H](OC(=O)N2CCC(N3CCc4ccccc4NC3=O)CC2)C(=O)N2CCC(N3CCOCC3)CC2)cc(C)c1OCc1ccccc1.Cc1cc(C[C@@H](OC(=O)N2CCC(N3CCc4ccccc4NC3=O)CC2)C(=O)O)cc(C)c1OCc1ccccc1.O.P.[H-].[K+]. The summed E-state index contributed by atoms with van der Waals surface area (Å²) in [6, 6.07) is 44.6. The summed E-state index contributed by atoms with van der Waals surface area (Å²) in [6.07, 6.45) is 5.38. The van der Waals surface area contributed by atoms with Gasteiger partial charge in [-0.1, -0.05) is 121 Å². The van der Waals surface area contributed by atoms with Crippen molar-refractivity contribution in [2.45, 2.75) is 154 Å². The molecule has 8 aliphatic rings. The van der Waals surface area contributed by atoms with Gasteiger partial charge in [-0.15, -0.1) is 0 Å². The molecule has 26 heteroatoms. The van der Waals surface area contributed by atoms with E-state index in [0.717, 1.165) is 163 Å². The molecule has 24 nitrogen and oxygen atoms in total. The van der Waals surface area contributed by atoms with Gasteiger partial charge in [0.05, 0.1) is 26.4 Å². The molecule has 6 fully saturated rings. The Morgan fingerprint density at radius 3 is 1.23 bits per heavy atom. The van der Waals surface area contributed by atoms with Crippen LogP contribution in [0.25, 0.3) is 0 Å². The van der Waals surface area contributed by atoms with Crippen molar-refractivity contribution in [3.05, 3.63) is 189 Å². The van der Waals surface area contributed by atoms with Crippen molar-refractivity contribution in [1.29, 1.82) is 0 Å². The number of rotatable bonds is 18. The van der Waals surface area contributed by atoms with Gasteiger partial charge >= 0.3 is 81.6 Å². The number of para-hydroxylation sites is 2. The average Bonchev–Trinajstić information content (AvgIpc) is 1.68. The molecule has 7 amide bonds. The van der Waals surface area contributed by atoms with Crippen LogP contribution in [0.5, 0.6) is 11.5 Å². The Labute approximate surface area is 695 Å². The number of fused-ring (bicyclic) bond motifs is 2. The van der Waals surface area contributed by atoms with Crippen LogP contribution in [0.1, 0.15) is 108 Å². The van der Waals surface area contributed by atoms with Crippen molar-refractivity contribution >= 4 is 57.4 Å². The summed E-state index contributed by atoms with van der Waals surface area (Å²) in [7, 11) is 0. The van der Waals surface area contributed by atoms with E-state index >= 15 is 0 Å². The normalized spacial score (nSPS) is 18.8. The summed E-state index contributed by atoms with van der Waals surface area (Å²) in [6.45, 7) is 22.9. The van der Waals surface area contributed by atoms with E-state index in [1.54, 1.807) is 4.90 Å². The van der Waals surface area contributed by atoms with Crippen molar-refractivity contribution in [2.75, 3.05) is 129 Å². The number of likely N-dealkylation sites (tertiary alicyclic amines) is 3. The van der Waals surface area contributed by atoms with Crippen molar-refractivity contribution in [1.82, 2.24) is 39.6 Å². The Balaban J connectivity index is 0.000000238. The van der Waals surface area contributed by atoms with Gasteiger partial charge in [0, 0.05) is 127 Å². The Kier molecular flexibility index (Phi) is 34.0. The fraction of sp³-hybridized carbons (Fsp3) is 0.500. The minimum Gasteiger partial charge on any atom is -1.00 e. The number of carbonyl (C=O) groups is 6. The Bertz CT molecular complexity index is 3900. The quantitative estimate of drug-likeness (QED) is 0.0472. The first-order valence-corrected chi connectivity index (χ1v) is 38.7. The second-order valence-corrected chi connectivity index (χ2v) is 29.5. The van der Waals surface area contributed by atoms with Gasteiger partial charge in [-0.3, -0.25) is 14.6 Å². The Morgan fingerprint density at radius 2 is 0.818 bits per heavy atom. The number of hydrogen-bond donors (Lipinski definition) is 4. The molecule has 14 rings (SSSR count). The summed E-state index contributed by atoms with van der Waals surface area (Å²) in [5.41, 5.74) is 11.5. The third-order valence-corrected chi connectivity index (χ3v) is 22.2. The maximum Gasteiger partial charge on any atom is 1.00 e. The van der Waals surface area contributed by atoms with Gasteiger partial charge in [-0.2, -0.15) is 9.90 Å². The summed E-state index contributed by atoms with van der Waals surface area (Å²) < 4.78 is 34.8. The van der Waals surface area contributed by atoms with Crippen molar-refractivity contribution < 1.29 is 121 Å². The molecule has 6 N–H and O–H groups in total. The van der Waals surface area contributed by atoms with Gasteiger partial charge in [0.1, 0.15) is 24.7 Å². The van der Waals surface area contributed by atoms with Crippen LogP contribution in [-0.2, 0) is 67.4 Å². The molecule has 1 unspecified atom stereocenters. The predicted molar refractivity (Wildman–Crippen MR) is 426 cm³/mol. The van der Waals surface area contributed by atoms with E-state index in [2.05, 4.69) is 31.8 Å². The first-order valence-electron chi connectivity index (χ1n) is 38.7. The van der Waals surface area contributed by atoms with Crippen LogP contribution in [0.3, 0.4) is 0 Å². The number of benzene rings is 6. The summed E-state index contributed by atoms with van der Waals surface area (Å²) in [4.78, 5) is 93.1. The summed E-state index contributed by atoms with van der Waals surface area (Å²) in [5, 5.41) is 19.3. The van der Waals surface area contributed by atoms with Crippen LogP contribution in [0.2, 0.25) is 0 Å². The van der Waals surface area contributed by atoms with Crippen molar-refractivity contribution in [3.63, 3.8) is 0 Å². The monoisotopic (exact) mass is 1560 g/mol. The van der Waals surface area contributed by atoms with Gasteiger partial charge < -0.3 is 80.9 Å². The number of hydrogen-bond acceptors (Lipinski definition) is 15. The van der Waals surface area contributed by atoms with E-state index in [9.17, 15) is 33.9 Å². The smallest absolute Gasteiger partial charge is 1.00 e. The van der Waals surface area contributed by atoms with Crippen LogP contribution >= 0.6 is 9.90 Å². The number of urea groups is 2. The molecule has 0 radical (unpaired) electrons. The van der Waals surface area contributed by atoms with Crippen molar-refractivity contribution in [3.8, 4) is 11.5 Å². The number of aryl methyl sites for hydroxylation is 4. The first kappa shape index (κ1) is 86.7. The topological polar surface area (TPSA) is 268 Å². The predicted octanol–water partition coefficient (Wildman–Crippen LogP) is 7.80. The molecule has 0 bridgehead atoms. The largest absolute Gasteiger partial charge is 1.00 e. The zero-order valence-corrected chi connectivity index (χ0v) is 69.5. The van der Waals surface area contributed by atoms with E-state index in [1.165, 1.54) is 30.8 Å². The molecule has 0 aromatic heterocycles. The van der Waals surface area contributed by atoms with Gasteiger partial charge in [0.15, 0.2) is 6.10 Å². The molecule has 8 heterocycles. The number of carbonyl (C=O) groups excluding carboxylic acids is 5. The number of carboxylic acid groups (broad SMARTS) is 1. The van der Waals surface area contributed by atoms with Crippen LogP contribution in [0, 0.1) is 27.7 Å². The molecule has 6 saturated heterocycles. The maximum absolute atomic E-state index is 14.2. The summed E-state index contributed by atoms with van der Waals surface area (Å²) in [5.74, 6) is 0.247. The minimum atomic E-state index is -1.32. The fourth-order valence-corrected chi connectivity index (χ4v) is 16.3. The number of carboxylic acids is 1. The molecule has 6 aromatic rings. The van der Waals surface area contributed by atoms with Gasteiger partial charge in [0.2, 0.25) is 6.10 Å². The van der Waals surface area contributed by atoms with Gasteiger partial charge in [0.25, 0.3) is 5.91 Å². The molecular weight excluding hydrogens is 1440 g/mol. The van der Waals surface area contributed by atoms with Gasteiger partial charge in [-0.25, -0.2) is 24.0 Å². The average molecular weight is 1560 g/mol. The van der Waals surface area contributed by atoms with Crippen molar-refractivity contribution in [2.24, 2.45) is 0 Å². The zero-order chi connectivity index (χ0) is 74.6. The maximum atomic E-state index is 14.2. The molecule has 6 aromatic carbocycles. The molecular formula is C84H114KN10O14P. The van der Waals surface area contributed by atoms with E-state index in [0.29, 0.717) is 97.3 Å². The Hall–Kier alpha value is -7.23. The third-order valence-electron chi connectivity index (χ3n) is 22.2. The molecule has 0 saturated carbocycles. The second kappa shape index (κ2) is 43.1. The van der Waals surface area contributed by atoms with Crippen LogP contribution in [0.4, 0.5) is 30.6 Å².